The summed E-state index contributed by atoms with van der Waals surface area (Å²) in [4.78, 5) is 26.9. The molecule has 0 saturated heterocycles. The van der Waals surface area contributed by atoms with Crippen molar-refractivity contribution in [1.82, 2.24) is 4.90 Å². The minimum absolute atomic E-state index is 0.164. The van der Waals surface area contributed by atoms with Crippen LogP contribution < -0.4 is 0 Å². The third-order valence-corrected chi connectivity index (χ3v) is 3.72. The monoisotopic (exact) mass is 265 g/mol. The minimum atomic E-state index is -0.164. The first-order chi connectivity index (χ1) is 9.63. The van der Waals surface area contributed by atoms with Crippen molar-refractivity contribution >= 4 is 11.6 Å². The van der Waals surface area contributed by atoms with Crippen LogP contribution in [0.15, 0.2) is 59.5 Å². The lowest BCUT2D eigenvalue weighted by atomic mass is 9.96. The molecule has 3 nitrogen and oxygen atoms in total. The van der Waals surface area contributed by atoms with E-state index in [0.29, 0.717) is 16.7 Å². The second-order valence-electron chi connectivity index (χ2n) is 4.95. The maximum absolute atomic E-state index is 12.4. The van der Waals surface area contributed by atoms with Gasteiger partial charge in [-0.3, -0.25) is 9.59 Å². The van der Waals surface area contributed by atoms with Crippen LogP contribution in [0.1, 0.15) is 34.6 Å². The Balaban J connectivity index is 2.14. The van der Waals surface area contributed by atoms with E-state index in [2.05, 4.69) is 0 Å². The SMILES string of the molecule is CCN1C=CC(=C2C(=O)c3ccccc3C2=O)C(C)=C1. The second kappa shape index (κ2) is 4.60. The Kier molecular flexibility index (Phi) is 2.90. The molecular formula is C17H15NO2. The van der Waals surface area contributed by atoms with Crippen LogP contribution in [0, 0.1) is 0 Å². The summed E-state index contributed by atoms with van der Waals surface area (Å²) in [5.74, 6) is -0.328. The average Bonchev–Trinajstić information content (AvgIpc) is 2.72. The van der Waals surface area contributed by atoms with Crippen LogP contribution in [-0.4, -0.2) is 23.0 Å². The molecule has 2 aliphatic rings. The molecule has 3 heteroatoms. The first kappa shape index (κ1) is 12.6. The maximum atomic E-state index is 12.4. The Morgan fingerprint density at radius 2 is 1.65 bits per heavy atom. The van der Waals surface area contributed by atoms with Crippen LogP contribution in [0.4, 0.5) is 0 Å². The van der Waals surface area contributed by atoms with Crippen LogP contribution >= 0.6 is 0 Å². The Morgan fingerprint density at radius 3 is 2.15 bits per heavy atom. The summed E-state index contributed by atoms with van der Waals surface area (Å²) in [6.45, 7) is 4.84. The Hall–Kier alpha value is -2.42. The van der Waals surface area contributed by atoms with Crippen molar-refractivity contribution in [2.24, 2.45) is 0 Å². The van der Waals surface area contributed by atoms with Crippen LogP contribution in [0.3, 0.4) is 0 Å². The number of carbonyl (C=O) groups excluding carboxylic acids is 2. The van der Waals surface area contributed by atoms with E-state index in [-0.39, 0.29) is 11.6 Å². The summed E-state index contributed by atoms with van der Waals surface area (Å²) in [6, 6.07) is 7.01. The molecule has 0 unspecified atom stereocenters. The molecule has 1 heterocycles. The molecule has 0 spiro atoms. The van der Waals surface area contributed by atoms with Crippen LogP contribution in [-0.2, 0) is 0 Å². The fourth-order valence-corrected chi connectivity index (χ4v) is 2.64. The number of fused-ring (bicyclic) bond motifs is 1. The molecule has 0 radical (unpaired) electrons. The van der Waals surface area contributed by atoms with Gasteiger partial charge < -0.3 is 4.90 Å². The van der Waals surface area contributed by atoms with Gasteiger partial charge in [-0.2, -0.15) is 0 Å². The third-order valence-electron chi connectivity index (χ3n) is 3.72. The highest BCUT2D eigenvalue weighted by Crippen LogP contribution is 2.32. The number of allylic oxidation sites excluding steroid dienone is 4. The molecule has 0 saturated carbocycles. The molecular weight excluding hydrogens is 250 g/mol. The number of benzene rings is 1. The van der Waals surface area contributed by atoms with Crippen molar-refractivity contribution in [3.05, 3.63) is 70.6 Å². The average molecular weight is 265 g/mol. The van der Waals surface area contributed by atoms with Gasteiger partial charge in [-0.15, -0.1) is 0 Å². The van der Waals surface area contributed by atoms with Crippen molar-refractivity contribution in [3.63, 3.8) is 0 Å². The minimum Gasteiger partial charge on any atom is -0.354 e. The van der Waals surface area contributed by atoms with Crippen molar-refractivity contribution in [3.8, 4) is 0 Å². The van der Waals surface area contributed by atoms with Crippen molar-refractivity contribution < 1.29 is 9.59 Å². The molecule has 100 valence electrons. The third kappa shape index (κ3) is 1.74. The van der Waals surface area contributed by atoms with Crippen LogP contribution in [0.25, 0.3) is 0 Å². The highest BCUT2D eigenvalue weighted by atomic mass is 16.2. The fraction of sp³-hybridized carbons (Fsp3) is 0.176. The predicted octanol–water partition coefficient (Wildman–Crippen LogP) is 3.12. The highest BCUT2D eigenvalue weighted by molar-refractivity contribution is 6.40. The maximum Gasteiger partial charge on any atom is 0.198 e. The van der Waals surface area contributed by atoms with Crippen molar-refractivity contribution in [2.45, 2.75) is 13.8 Å². The number of rotatable bonds is 1. The van der Waals surface area contributed by atoms with Gasteiger partial charge in [0.05, 0.1) is 5.57 Å². The highest BCUT2D eigenvalue weighted by Gasteiger charge is 2.35. The van der Waals surface area contributed by atoms with Gasteiger partial charge in [-0.25, -0.2) is 0 Å². The van der Waals surface area contributed by atoms with E-state index in [1.807, 2.05) is 37.2 Å². The largest absolute Gasteiger partial charge is 0.354 e. The number of Topliss-reactive ketones (excluding diaryl/α,β-unsaturated/α-hetero) is 2. The first-order valence-electron chi connectivity index (χ1n) is 6.69. The smallest absolute Gasteiger partial charge is 0.198 e. The molecule has 20 heavy (non-hydrogen) atoms. The topological polar surface area (TPSA) is 37.4 Å². The molecule has 0 atom stereocenters. The molecule has 1 aromatic carbocycles. The number of hydrogen-bond acceptors (Lipinski definition) is 3. The zero-order valence-corrected chi connectivity index (χ0v) is 11.5. The van der Waals surface area contributed by atoms with Gasteiger partial charge in [-0.1, -0.05) is 24.3 Å². The van der Waals surface area contributed by atoms with E-state index < -0.39 is 0 Å². The quantitative estimate of drug-likeness (QED) is 0.578. The molecule has 0 aromatic heterocycles. The van der Waals surface area contributed by atoms with Gasteiger partial charge in [0.2, 0.25) is 0 Å². The molecule has 1 aliphatic heterocycles. The van der Waals surface area contributed by atoms with Crippen molar-refractivity contribution in [1.29, 1.82) is 0 Å². The second-order valence-corrected chi connectivity index (χ2v) is 4.95. The predicted molar refractivity (Wildman–Crippen MR) is 77.4 cm³/mol. The normalized spacial score (nSPS) is 17.7. The summed E-state index contributed by atoms with van der Waals surface area (Å²) in [5.41, 5.74) is 3.00. The Labute approximate surface area is 117 Å². The Bertz CT molecular complexity index is 670. The number of nitrogens with zero attached hydrogens (tertiary/aromatic N) is 1. The van der Waals surface area contributed by atoms with Crippen LogP contribution in [0.2, 0.25) is 0 Å². The fourth-order valence-electron chi connectivity index (χ4n) is 2.64. The molecule has 0 N–H and O–H groups in total. The number of carbonyl (C=O) groups is 2. The molecule has 1 aliphatic carbocycles. The number of hydrogen-bond donors (Lipinski definition) is 0. The van der Waals surface area contributed by atoms with E-state index in [9.17, 15) is 9.59 Å². The lowest BCUT2D eigenvalue weighted by molar-refractivity contribution is 0.0987. The van der Waals surface area contributed by atoms with Gasteiger partial charge in [-0.05, 0) is 31.1 Å². The van der Waals surface area contributed by atoms with E-state index in [1.54, 1.807) is 24.3 Å². The van der Waals surface area contributed by atoms with E-state index in [0.717, 1.165) is 17.7 Å². The van der Waals surface area contributed by atoms with Gasteiger partial charge in [0, 0.05) is 30.1 Å². The van der Waals surface area contributed by atoms with E-state index in [1.165, 1.54) is 0 Å². The van der Waals surface area contributed by atoms with Gasteiger partial charge in [0.15, 0.2) is 11.6 Å². The lowest BCUT2D eigenvalue weighted by Crippen LogP contribution is -2.15. The zero-order valence-electron chi connectivity index (χ0n) is 11.5. The summed E-state index contributed by atoms with van der Waals surface area (Å²) in [7, 11) is 0. The summed E-state index contributed by atoms with van der Waals surface area (Å²) < 4.78 is 0. The summed E-state index contributed by atoms with van der Waals surface area (Å²) >= 11 is 0. The van der Waals surface area contributed by atoms with E-state index >= 15 is 0 Å². The zero-order chi connectivity index (χ0) is 14.3. The summed E-state index contributed by atoms with van der Waals surface area (Å²) in [5, 5.41) is 0. The molecule has 0 fully saturated rings. The first-order valence-corrected chi connectivity index (χ1v) is 6.69. The molecule has 0 bridgehead atoms. The van der Waals surface area contributed by atoms with Gasteiger partial charge >= 0.3 is 0 Å². The lowest BCUT2D eigenvalue weighted by Gasteiger charge is -2.20. The van der Waals surface area contributed by atoms with Crippen molar-refractivity contribution in [2.75, 3.05) is 6.54 Å². The van der Waals surface area contributed by atoms with Crippen LogP contribution in [0.5, 0.6) is 0 Å². The standard InChI is InChI=1S/C17H15NO2/c1-3-18-9-8-12(11(2)10-18)15-16(19)13-6-4-5-7-14(13)17(15)20/h4-10H,3H2,1-2H3. The Morgan fingerprint density at radius 1 is 1.05 bits per heavy atom. The van der Waals surface area contributed by atoms with Gasteiger partial charge in [0.1, 0.15) is 0 Å². The molecule has 0 amide bonds. The summed E-state index contributed by atoms with van der Waals surface area (Å²) in [6.07, 6.45) is 5.72. The number of ketones is 2. The molecule has 3 rings (SSSR count). The van der Waals surface area contributed by atoms with E-state index in [4.69, 9.17) is 0 Å². The molecule has 1 aromatic rings. The van der Waals surface area contributed by atoms with Gasteiger partial charge in [0.25, 0.3) is 0 Å².